The Kier molecular flexibility index (Phi) is 4.52. The molecule has 1 aromatic heterocycles. The Labute approximate surface area is 147 Å². The summed E-state index contributed by atoms with van der Waals surface area (Å²) in [6.07, 6.45) is -4.39. The summed E-state index contributed by atoms with van der Waals surface area (Å²) in [5.74, 6) is -0.0936. The van der Waals surface area contributed by atoms with Crippen molar-refractivity contribution in [2.24, 2.45) is 0 Å². The molecule has 2 atom stereocenters. The van der Waals surface area contributed by atoms with Gasteiger partial charge in [-0.15, -0.1) is 0 Å². The summed E-state index contributed by atoms with van der Waals surface area (Å²) in [7, 11) is 0. The number of alkyl halides is 3. The number of ether oxygens (including phenoxy) is 1. The van der Waals surface area contributed by atoms with E-state index in [1.165, 1.54) is 0 Å². The quantitative estimate of drug-likeness (QED) is 0.875. The Morgan fingerprint density at radius 3 is 2.62 bits per heavy atom. The molecule has 3 rings (SSSR count). The number of rotatable bonds is 3. The molecule has 0 radical (unpaired) electrons. The van der Waals surface area contributed by atoms with Crippen molar-refractivity contribution in [2.45, 2.75) is 38.6 Å². The maximum Gasteiger partial charge on any atom is 0.431 e. The van der Waals surface area contributed by atoms with E-state index in [9.17, 15) is 22.8 Å². The first-order valence-electron chi connectivity index (χ1n) is 8.09. The fourth-order valence-corrected chi connectivity index (χ4v) is 2.96. The lowest BCUT2D eigenvalue weighted by atomic mass is 10.0. The van der Waals surface area contributed by atoms with Crippen molar-refractivity contribution in [2.75, 3.05) is 0 Å². The van der Waals surface area contributed by atoms with E-state index >= 15 is 0 Å². The molecular formula is C18H17F3N2O3. The van der Waals surface area contributed by atoms with E-state index in [-0.39, 0.29) is 11.7 Å². The number of amides is 1. The Hall–Kier alpha value is -2.77. The minimum absolute atomic E-state index is 0.315. The Balaban J connectivity index is 1.87. The zero-order chi connectivity index (χ0) is 19.1. The molecule has 2 heterocycles. The van der Waals surface area contributed by atoms with Crippen molar-refractivity contribution in [1.82, 2.24) is 10.3 Å². The van der Waals surface area contributed by atoms with Gasteiger partial charge in [0.05, 0.1) is 6.04 Å². The number of pyridine rings is 1. The summed E-state index contributed by atoms with van der Waals surface area (Å²) >= 11 is 0. The maximum absolute atomic E-state index is 12.6. The number of aromatic amines is 1. The van der Waals surface area contributed by atoms with Crippen LogP contribution in [0.25, 0.3) is 0 Å². The number of benzene rings is 1. The van der Waals surface area contributed by atoms with E-state index in [1.807, 2.05) is 32.0 Å². The number of carbonyl (C=O) groups excluding carboxylic acids is 1. The molecule has 2 aromatic rings. The van der Waals surface area contributed by atoms with Crippen LogP contribution in [-0.2, 0) is 6.18 Å². The minimum Gasteiger partial charge on any atom is -0.488 e. The number of aromatic nitrogens is 1. The Morgan fingerprint density at radius 2 is 2.00 bits per heavy atom. The van der Waals surface area contributed by atoms with Gasteiger partial charge in [0.2, 0.25) is 0 Å². The van der Waals surface area contributed by atoms with E-state index in [2.05, 4.69) is 5.32 Å². The smallest absolute Gasteiger partial charge is 0.431 e. The number of halogens is 3. The molecule has 1 aliphatic heterocycles. The molecule has 1 aliphatic rings. The molecule has 138 valence electrons. The summed E-state index contributed by atoms with van der Waals surface area (Å²) < 4.78 is 43.7. The molecule has 26 heavy (non-hydrogen) atoms. The van der Waals surface area contributed by atoms with Crippen molar-refractivity contribution in [3.8, 4) is 5.75 Å². The highest BCUT2D eigenvalue weighted by Gasteiger charge is 2.36. The number of H-pyrrole nitrogens is 1. The van der Waals surface area contributed by atoms with Crippen LogP contribution in [0.15, 0.2) is 35.1 Å². The van der Waals surface area contributed by atoms with Crippen molar-refractivity contribution in [1.29, 1.82) is 0 Å². The monoisotopic (exact) mass is 366 g/mol. The zero-order valence-electron chi connectivity index (χ0n) is 14.1. The molecule has 2 N–H and O–H groups in total. The molecule has 1 amide bonds. The Bertz CT molecular complexity index is 905. The second-order valence-electron chi connectivity index (χ2n) is 6.17. The largest absolute Gasteiger partial charge is 0.488 e. The van der Waals surface area contributed by atoms with Gasteiger partial charge in [0.15, 0.2) is 0 Å². The van der Waals surface area contributed by atoms with Crippen LogP contribution in [0.5, 0.6) is 5.75 Å². The molecule has 0 aliphatic carbocycles. The lowest BCUT2D eigenvalue weighted by Crippen LogP contribution is -2.37. The number of hydrogen-bond donors (Lipinski definition) is 2. The van der Waals surface area contributed by atoms with Crippen molar-refractivity contribution < 1.29 is 22.7 Å². The van der Waals surface area contributed by atoms with Gasteiger partial charge in [0, 0.05) is 5.56 Å². The van der Waals surface area contributed by atoms with Crippen LogP contribution in [0.4, 0.5) is 13.2 Å². The molecule has 1 unspecified atom stereocenters. The topological polar surface area (TPSA) is 71.2 Å². The van der Waals surface area contributed by atoms with Crippen molar-refractivity contribution in [3.63, 3.8) is 0 Å². The number of fused-ring (bicyclic) bond motifs is 1. The van der Waals surface area contributed by atoms with Crippen LogP contribution in [0.2, 0.25) is 0 Å². The van der Waals surface area contributed by atoms with Gasteiger partial charge in [-0.2, -0.15) is 13.2 Å². The van der Waals surface area contributed by atoms with Gasteiger partial charge >= 0.3 is 6.18 Å². The van der Waals surface area contributed by atoms with Crippen LogP contribution >= 0.6 is 0 Å². The van der Waals surface area contributed by atoms with Gasteiger partial charge in [-0.1, -0.05) is 19.1 Å². The average molecular weight is 366 g/mol. The van der Waals surface area contributed by atoms with E-state index in [0.29, 0.717) is 18.2 Å². The number of nitrogens with one attached hydrogen (secondary N) is 2. The number of hydrogen-bond acceptors (Lipinski definition) is 3. The molecule has 0 bridgehead atoms. The van der Waals surface area contributed by atoms with Gasteiger partial charge in [0.25, 0.3) is 11.5 Å². The zero-order valence-corrected chi connectivity index (χ0v) is 14.1. The highest BCUT2D eigenvalue weighted by molar-refractivity contribution is 5.94. The molecule has 5 nitrogen and oxygen atoms in total. The van der Waals surface area contributed by atoms with Gasteiger partial charge in [0.1, 0.15) is 23.1 Å². The third-order valence-electron chi connectivity index (χ3n) is 4.30. The molecule has 0 saturated carbocycles. The molecular weight excluding hydrogens is 349 g/mol. The first-order chi connectivity index (χ1) is 12.2. The van der Waals surface area contributed by atoms with Gasteiger partial charge in [-0.3, -0.25) is 9.59 Å². The minimum atomic E-state index is -4.68. The SMILES string of the molecule is CCC1Oc2cc(C)ccc2[C@@H]1NC(=O)c1ccc(C(F)(F)F)[nH]c1=O. The summed E-state index contributed by atoms with van der Waals surface area (Å²) in [6.45, 7) is 3.81. The van der Waals surface area contributed by atoms with Crippen molar-refractivity contribution >= 4 is 5.91 Å². The second kappa shape index (κ2) is 6.51. The summed E-state index contributed by atoms with van der Waals surface area (Å²) in [5.41, 5.74) is -0.888. The lowest BCUT2D eigenvalue weighted by Gasteiger charge is -2.19. The second-order valence-corrected chi connectivity index (χ2v) is 6.17. The van der Waals surface area contributed by atoms with Crippen LogP contribution in [0.3, 0.4) is 0 Å². The molecule has 0 spiro atoms. The fraction of sp³-hybridized carbons (Fsp3) is 0.333. The van der Waals surface area contributed by atoms with E-state index in [4.69, 9.17) is 4.74 Å². The van der Waals surface area contributed by atoms with Gasteiger partial charge in [-0.05, 0) is 37.1 Å². The van der Waals surface area contributed by atoms with Crippen LogP contribution in [0.1, 0.15) is 46.6 Å². The summed E-state index contributed by atoms with van der Waals surface area (Å²) in [4.78, 5) is 26.0. The molecule has 1 aromatic carbocycles. The lowest BCUT2D eigenvalue weighted by molar-refractivity contribution is -0.141. The summed E-state index contributed by atoms with van der Waals surface area (Å²) in [5, 5.41) is 2.71. The molecule has 0 fully saturated rings. The third-order valence-corrected chi connectivity index (χ3v) is 4.30. The van der Waals surface area contributed by atoms with Gasteiger partial charge in [-0.25, -0.2) is 0 Å². The predicted molar refractivity (Wildman–Crippen MR) is 88.2 cm³/mol. The van der Waals surface area contributed by atoms with Gasteiger partial charge < -0.3 is 15.0 Å². The van der Waals surface area contributed by atoms with E-state index in [1.54, 1.807) is 4.98 Å². The highest BCUT2D eigenvalue weighted by atomic mass is 19.4. The molecule has 8 heteroatoms. The van der Waals surface area contributed by atoms with Crippen LogP contribution in [0, 0.1) is 6.92 Å². The normalized spacial score (nSPS) is 19.0. The molecule has 0 saturated heterocycles. The predicted octanol–water partition coefficient (Wildman–Crippen LogP) is 3.34. The summed E-state index contributed by atoms with van der Waals surface area (Å²) in [6, 6.07) is 6.64. The van der Waals surface area contributed by atoms with E-state index in [0.717, 1.165) is 17.2 Å². The fourth-order valence-electron chi connectivity index (χ4n) is 2.96. The average Bonchev–Trinajstić information content (AvgIpc) is 2.90. The maximum atomic E-state index is 12.6. The van der Waals surface area contributed by atoms with Crippen molar-refractivity contribution in [3.05, 3.63) is 63.1 Å². The first-order valence-corrected chi connectivity index (χ1v) is 8.09. The van der Waals surface area contributed by atoms with Crippen LogP contribution < -0.4 is 15.6 Å². The highest BCUT2D eigenvalue weighted by Crippen LogP contribution is 2.38. The third kappa shape index (κ3) is 3.31. The standard InChI is InChI=1S/C18H17F3N2O3/c1-3-12-15(10-5-4-9(2)8-13(10)26-12)23-17(25)11-6-7-14(18(19,20)21)22-16(11)24/h4-8,12,15H,3H2,1-2H3,(H,22,24)(H,23,25)/t12?,15-/m0/s1. The number of carbonyl (C=O) groups is 1. The number of aryl methyl sites for hydroxylation is 1. The van der Waals surface area contributed by atoms with E-state index < -0.39 is 29.4 Å². The Morgan fingerprint density at radius 1 is 1.27 bits per heavy atom. The first kappa shape index (κ1) is 18.0. The van der Waals surface area contributed by atoms with Crippen LogP contribution in [-0.4, -0.2) is 17.0 Å².